The number of aryl methyl sites for hydroxylation is 2. The molecule has 0 radical (unpaired) electrons. The fraction of sp³-hybridized carbons (Fsp3) is 0.0541. The normalized spacial score (nSPS) is 11.3. The molecule has 9 heteroatoms. The second-order valence-corrected chi connectivity index (χ2v) is 13.8. The maximum Gasteiger partial charge on any atom is 0.226 e. The minimum absolute atomic E-state index is 0.576. The number of oxazole rings is 1. The maximum absolute atomic E-state index is 6.25. The molecule has 5 heterocycles. The molecule has 8 rings (SSSR count). The number of rotatable bonds is 7. The second-order valence-electron chi connectivity index (χ2n) is 10.6. The molecule has 5 aromatic heterocycles. The number of aromatic nitrogens is 5. The molecule has 0 N–H and O–H groups in total. The van der Waals surface area contributed by atoms with Gasteiger partial charge in [0.05, 0.1) is 21.1 Å². The second kappa shape index (κ2) is 12.0. The summed E-state index contributed by atoms with van der Waals surface area (Å²) in [5.74, 6) is 1.30. The molecule has 0 amide bonds. The monoisotopic (exact) mass is 651 g/mol. The van der Waals surface area contributed by atoms with E-state index in [1.54, 1.807) is 40.2 Å². The van der Waals surface area contributed by atoms with Gasteiger partial charge in [0.25, 0.3) is 0 Å². The van der Waals surface area contributed by atoms with E-state index in [0.717, 1.165) is 80.6 Å². The average Bonchev–Trinajstić information content (AvgIpc) is 3.91. The minimum Gasteiger partial charge on any atom is -0.441 e. The number of hydrogen-bond acceptors (Lipinski definition) is 9. The van der Waals surface area contributed by atoms with Crippen LogP contribution in [-0.2, 0) is 0 Å². The third-order valence-electron chi connectivity index (χ3n) is 7.45. The summed E-state index contributed by atoms with van der Waals surface area (Å²) in [7, 11) is 0. The summed E-state index contributed by atoms with van der Waals surface area (Å²) in [6.45, 7) is 4.07. The van der Waals surface area contributed by atoms with Crippen molar-refractivity contribution < 1.29 is 4.42 Å². The summed E-state index contributed by atoms with van der Waals surface area (Å²) in [6, 6.07) is 36.4. The van der Waals surface area contributed by atoms with Gasteiger partial charge in [-0.25, -0.2) is 19.9 Å². The summed E-state index contributed by atoms with van der Waals surface area (Å²) >= 11 is 4.87. The highest BCUT2D eigenvalue weighted by atomic mass is 32.1. The Hall–Kier alpha value is -5.09. The first-order chi connectivity index (χ1) is 22.6. The quantitative estimate of drug-likeness (QED) is 0.171. The van der Waals surface area contributed by atoms with E-state index in [1.807, 2.05) is 91.9 Å². The van der Waals surface area contributed by atoms with E-state index in [-0.39, 0.29) is 0 Å². The zero-order chi connectivity index (χ0) is 31.0. The van der Waals surface area contributed by atoms with Crippen LogP contribution in [-0.4, -0.2) is 24.9 Å². The van der Waals surface area contributed by atoms with Crippen molar-refractivity contribution in [2.24, 2.45) is 0 Å². The average molecular weight is 652 g/mol. The molecule has 6 nitrogen and oxygen atoms in total. The Morgan fingerprint density at radius 2 is 1.00 bits per heavy atom. The van der Waals surface area contributed by atoms with Crippen molar-refractivity contribution in [2.75, 3.05) is 0 Å². The van der Waals surface area contributed by atoms with Crippen molar-refractivity contribution in [3.8, 4) is 75.8 Å². The molecule has 46 heavy (non-hydrogen) atoms. The lowest BCUT2D eigenvalue weighted by atomic mass is 10.1. The van der Waals surface area contributed by atoms with E-state index in [1.165, 1.54) is 0 Å². The highest BCUT2D eigenvalue weighted by molar-refractivity contribution is 7.20. The lowest BCUT2D eigenvalue weighted by Gasteiger charge is -2.01. The SMILES string of the molecule is Cc1oc(-c2ccccc2)nc1-c1sc(-c2ccccc2)nc1-c1nc(-c2ccccc2)sc1-c1nc(-c2ccccn2)sc1C. The molecule has 0 unspecified atom stereocenters. The van der Waals surface area contributed by atoms with Gasteiger partial charge in [-0.3, -0.25) is 4.98 Å². The van der Waals surface area contributed by atoms with E-state index in [9.17, 15) is 0 Å². The van der Waals surface area contributed by atoms with Gasteiger partial charge in [0, 0.05) is 27.8 Å². The van der Waals surface area contributed by atoms with Crippen LogP contribution in [0.4, 0.5) is 0 Å². The third-order valence-corrected chi connectivity index (χ3v) is 10.7. The third kappa shape index (κ3) is 5.28. The predicted octanol–water partition coefficient (Wildman–Crippen LogP) is 10.7. The number of pyridine rings is 1. The zero-order valence-electron chi connectivity index (χ0n) is 24.8. The predicted molar refractivity (Wildman–Crippen MR) is 189 cm³/mol. The summed E-state index contributed by atoms with van der Waals surface area (Å²) in [6.07, 6.45) is 1.80. The molecule has 0 fully saturated rings. The summed E-state index contributed by atoms with van der Waals surface area (Å²) in [4.78, 5) is 28.3. The number of hydrogen-bond donors (Lipinski definition) is 0. The van der Waals surface area contributed by atoms with Crippen LogP contribution >= 0.6 is 34.0 Å². The van der Waals surface area contributed by atoms with E-state index in [4.69, 9.17) is 24.4 Å². The standard InChI is InChI=1S/C37H25N5OS3/c1-22-28(39-34(43-22)24-14-6-3-7-15-24)32-30(41-35(45-32)25-16-8-4-9-17-25)31-33(46-36(42-31)26-18-10-5-11-19-26)29-23(2)44-37(40-29)27-20-12-13-21-38-27/h3-21H,1-2H3. The largest absolute Gasteiger partial charge is 0.441 e. The van der Waals surface area contributed by atoms with E-state index in [0.29, 0.717) is 5.89 Å². The highest BCUT2D eigenvalue weighted by Crippen LogP contribution is 2.48. The molecule has 0 aliphatic heterocycles. The van der Waals surface area contributed by atoms with Gasteiger partial charge in [0.1, 0.15) is 37.9 Å². The van der Waals surface area contributed by atoms with Crippen LogP contribution in [0.1, 0.15) is 10.6 Å². The molecule has 3 aromatic carbocycles. The van der Waals surface area contributed by atoms with Gasteiger partial charge in [-0.1, -0.05) is 84.9 Å². The fourth-order valence-corrected chi connectivity index (χ4v) is 8.40. The molecular weight excluding hydrogens is 627 g/mol. The summed E-state index contributed by atoms with van der Waals surface area (Å²) in [5.41, 5.74) is 7.05. The van der Waals surface area contributed by atoms with Crippen LogP contribution < -0.4 is 0 Å². The Bertz CT molecular complexity index is 2110. The molecule has 0 bridgehead atoms. The molecule has 222 valence electrons. The molecule has 0 saturated heterocycles. The van der Waals surface area contributed by atoms with Crippen molar-refractivity contribution in [3.05, 3.63) is 126 Å². The van der Waals surface area contributed by atoms with Gasteiger partial charge in [-0.2, -0.15) is 0 Å². The summed E-state index contributed by atoms with van der Waals surface area (Å²) in [5, 5.41) is 2.66. The first-order valence-corrected chi connectivity index (χ1v) is 17.1. The molecular formula is C37H25N5OS3. The van der Waals surface area contributed by atoms with Crippen LogP contribution in [0.25, 0.3) is 75.8 Å². The van der Waals surface area contributed by atoms with E-state index < -0.39 is 0 Å². The molecule has 0 spiro atoms. The van der Waals surface area contributed by atoms with Gasteiger partial charge in [0.15, 0.2) is 0 Å². The Balaban J connectivity index is 1.36. The van der Waals surface area contributed by atoms with Crippen molar-refractivity contribution in [2.45, 2.75) is 13.8 Å². The van der Waals surface area contributed by atoms with Crippen LogP contribution in [0.15, 0.2) is 120 Å². The van der Waals surface area contributed by atoms with Crippen LogP contribution in [0.2, 0.25) is 0 Å². The Labute approximate surface area is 277 Å². The lowest BCUT2D eigenvalue weighted by Crippen LogP contribution is -1.89. The molecule has 8 aromatic rings. The Kier molecular flexibility index (Phi) is 7.42. The van der Waals surface area contributed by atoms with Gasteiger partial charge in [-0.05, 0) is 38.1 Å². The zero-order valence-corrected chi connectivity index (χ0v) is 27.3. The lowest BCUT2D eigenvalue weighted by molar-refractivity contribution is 0.543. The van der Waals surface area contributed by atoms with E-state index >= 15 is 0 Å². The highest BCUT2D eigenvalue weighted by Gasteiger charge is 2.28. The topological polar surface area (TPSA) is 77.6 Å². The van der Waals surface area contributed by atoms with Gasteiger partial charge in [-0.15, -0.1) is 34.0 Å². The Morgan fingerprint density at radius 1 is 0.478 bits per heavy atom. The van der Waals surface area contributed by atoms with Crippen LogP contribution in [0.5, 0.6) is 0 Å². The fourth-order valence-electron chi connectivity index (χ4n) is 5.21. The van der Waals surface area contributed by atoms with Crippen molar-refractivity contribution in [3.63, 3.8) is 0 Å². The maximum atomic E-state index is 6.25. The molecule has 0 aliphatic carbocycles. The minimum atomic E-state index is 0.576. The first-order valence-electron chi connectivity index (χ1n) is 14.7. The van der Waals surface area contributed by atoms with Crippen molar-refractivity contribution >= 4 is 34.0 Å². The van der Waals surface area contributed by atoms with Crippen molar-refractivity contribution in [1.29, 1.82) is 0 Å². The number of thiazole rings is 3. The van der Waals surface area contributed by atoms with Crippen LogP contribution in [0.3, 0.4) is 0 Å². The van der Waals surface area contributed by atoms with Gasteiger partial charge in [0.2, 0.25) is 5.89 Å². The Morgan fingerprint density at radius 3 is 1.57 bits per heavy atom. The van der Waals surface area contributed by atoms with E-state index in [2.05, 4.69) is 36.2 Å². The van der Waals surface area contributed by atoms with Gasteiger partial charge < -0.3 is 4.42 Å². The van der Waals surface area contributed by atoms with Crippen LogP contribution in [0, 0.1) is 13.8 Å². The molecule has 0 aliphatic rings. The van der Waals surface area contributed by atoms with Crippen molar-refractivity contribution in [1.82, 2.24) is 24.9 Å². The molecule has 0 atom stereocenters. The number of benzene rings is 3. The summed E-state index contributed by atoms with van der Waals surface area (Å²) < 4.78 is 6.25. The van der Waals surface area contributed by atoms with Gasteiger partial charge >= 0.3 is 0 Å². The molecule has 0 saturated carbocycles. The first kappa shape index (κ1) is 28.4. The number of nitrogens with zero attached hydrogens (tertiary/aromatic N) is 5. The smallest absolute Gasteiger partial charge is 0.226 e.